The number of nitrogens with one attached hydrogen (secondary N) is 1. The third-order valence-electron chi connectivity index (χ3n) is 9.25. The van der Waals surface area contributed by atoms with E-state index in [1.165, 1.54) is 5.56 Å². The van der Waals surface area contributed by atoms with Gasteiger partial charge in [0.15, 0.2) is 5.69 Å². The summed E-state index contributed by atoms with van der Waals surface area (Å²) < 4.78 is 0. The first kappa shape index (κ1) is 32.3. The average Bonchev–Trinajstić information content (AvgIpc) is 3.06. The maximum Gasteiger partial charge on any atom is 0.274 e. The monoisotopic (exact) mass is 623 g/mol. The predicted octanol–water partition coefficient (Wildman–Crippen LogP) is 2.73. The summed E-state index contributed by atoms with van der Waals surface area (Å²) in [5.41, 5.74) is 3.67. The van der Waals surface area contributed by atoms with Crippen molar-refractivity contribution in [1.29, 1.82) is 0 Å². The van der Waals surface area contributed by atoms with Gasteiger partial charge in [-0.3, -0.25) is 19.3 Å². The van der Waals surface area contributed by atoms with Gasteiger partial charge in [0.2, 0.25) is 11.8 Å². The number of nitrogens with zero attached hydrogens (tertiary/aromatic N) is 6. The zero-order valence-electron chi connectivity index (χ0n) is 26.1. The molecule has 44 heavy (non-hydrogen) atoms. The maximum atomic E-state index is 13.6. The quantitative estimate of drug-likeness (QED) is 0.430. The molecule has 1 N–H and O–H groups in total. The molecule has 0 bridgehead atoms. The SMILES string of the molecule is CCc1cccc(-c2cnc(C(=O)N3CCC(CN4CCN(CC(=O)N5CCN(C)CC5)CC4)CC3)c(NC(=O)CCl)c2)c1. The third-order valence-corrected chi connectivity index (χ3v) is 9.49. The van der Waals surface area contributed by atoms with Crippen LogP contribution in [0.1, 0.15) is 35.8 Å². The Balaban J connectivity index is 1.12. The number of alkyl halides is 1. The van der Waals surface area contributed by atoms with Crippen LogP contribution in [0.5, 0.6) is 0 Å². The first-order chi connectivity index (χ1) is 21.3. The molecule has 0 atom stereocenters. The summed E-state index contributed by atoms with van der Waals surface area (Å²) in [6, 6.07) is 10.0. The number of likely N-dealkylation sites (tertiary alicyclic amines) is 1. The lowest BCUT2D eigenvalue weighted by Gasteiger charge is -2.39. The fourth-order valence-electron chi connectivity index (χ4n) is 6.35. The summed E-state index contributed by atoms with van der Waals surface area (Å²) in [6.45, 7) is 12.3. The van der Waals surface area contributed by atoms with Gasteiger partial charge in [0.05, 0.1) is 12.2 Å². The number of hydrogen-bond donors (Lipinski definition) is 1. The van der Waals surface area contributed by atoms with E-state index in [0.29, 0.717) is 31.2 Å². The van der Waals surface area contributed by atoms with Crippen LogP contribution in [0.2, 0.25) is 0 Å². The Morgan fingerprint density at radius 3 is 2.27 bits per heavy atom. The van der Waals surface area contributed by atoms with Gasteiger partial charge in [-0.2, -0.15) is 0 Å². The van der Waals surface area contributed by atoms with Gasteiger partial charge >= 0.3 is 0 Å². The smallest absolute Gasteiger partial charge is 0.274 e. The minimum absolute atomic E-state index is 0.166. The Morgan fingerprint density at radius 1 is 0.886 bits per heavy atom. The lowest BCUT2D eigenvalue weighted by Crippen LogP contribution is -2.53. The van der Waals surface area contributed by atoms with E-state index in [9.17, 15) is 14.4 Å². The van der Waals surface area contributed by atoms with Crippen LogP contribution in [0.25, 0.3) is 11.1 Å². The fourth-order valence-corrected chi connectivity index (χ4v) is 6.42. The van der Waals surface area contributed by atoms with E-state index >= 15 is 0 Å². The van der Waals surface area contributed by atoms with Crippen molar-refractivity contribution in [2.45, 2.75) is 26.2 Å². The molecule has 1 aromatic carbocycles. The van der Waals surface area contributed by atoms with E-state index in [1.54, 1.807) is 6.20 Å². The number of rotatable bonds is 9. The Labute approximate surface area is 266 Å². The highest BCUT2D eigenvalue weighted by Crippen LogP contribution is 2.28. The molecule has 0 spiro atoms. The summed E-state index contributed by atoms with van der Waals surface area (Å²) in [4.78, 5) is 54.1. The molecule has 2 aromatic rings. The zero-order valence-corrected chi connectivity index (χ0v) is 26.9. The minimum atomic E-state index is -0.371. The first-order valence-corrected chi connectivity index (χ1v) is 16.5. The standard InChI is InChI=1S/C33H46ClN7O3/c1-3-25-5-4-6-27(19-25)28-20-29(36-30(42)21-34)32(35-22-28)33(44)41-9-7-26(8-10-41)23-38-13-15-39(16-14-38)24-31(43)40-17-11-37(2)12-18-40/h4-6,19-20,22,26H,3,7-18,21,23-24H2,1-2H3,(H,36,42). The summed E-state index contributed by atoms with van der Waals surface area (Å²) in [5, 5.41) is 2.80. The minimum Gasteiger partial charge on any atom is -0.339 e. The summed E-state index contributed by atoms with van der Waals surface area (Å²) in [6.07, 6.45) is 4.49. The Kier molecular flexibility index (Phi) is 11.2. The molecule has 0 aliphatic carbocycles. The molecule has 5 rings (SSSR count). The maximum absolute atomic E-state index is 13.6. The molecular formula is C33H46ClN7O3. The molecule has 3 saturated heterocycles. The highest BCUT2D eigenvalue weighted by molar-refractivity contribution is 6.29. The molecule has 10 nitrogen and oxygen atoms in total. The Bertz CT molecular complexity index is 1300. The zero-order chi connectivity index (χ0) is 31.1. The first-order valence-electron chi connectivity index (χ1n) is 16.0. The van der Waals surface area contributed by atoms with Crippen LogP contribution in [0.3, 0.4) is 0 Å². The fraction of sp³-hybridized carbons (Fsp3) is 0.576. The van der Waals surface area contributed by atoms with Gasteiger partial charge in [-0.1, -0.05) is 31.2 Å². The number of anilines is 1. The predicted molar refractivity (Wildman–Crippen MR) is 174 cm³/mol. The molecule has 11 heteroatoms. The van der Waals surface area contributed by atoms with Crippen molar-refractivity contribution in [2.75, 3.05) is 96.8 Å². The number of piperazine rings is 2. The summed E-state index contributed by atoms with van der Waals surface area (Å²) in [7, 11) is 2.10. The van der Waals surface area contributed by atoms with Crippen LogP contribution in [-0.4, -0.2) is 139 Å². The molecule has 0 radical (unpaired) electrons. The number of aromatic nitrogens is 1. The van der Waals surface area contributed by atoms with Crippen molar-refractivity contribution in [2.24, 2.45) is 5.92 Å². The van der Waals surface area contributed by atoms with Crippen molar-refractivity contribution in [3.8, 4) is 11.1 Å². The number of hydrogen-bond acceptors (Lipinski definition) is 7. The highest BCUT2D eigenvalue weighted by atomic mass is 35.5. The summed E-state index contributed by atoms with van der Waals surface area (Å²) in [5.74, 6) is 0.0401. The van der Waals surface area contributed by atoms with Gasteiger partial charge in [-0.15, -0.1) is 11.6 Å². The number of benzene rings is 1. The summed E-state index contributed by atoms with van der Waals surface area (Å²) >= 11 is 5.79. The van der Waals surface area contributed by atoms with Gasteiger partial charge in [-0.25, -0.2) is 4.98 Å². The molecule has 3 amide bonds. The van der Waals surface area contributed by atoms with Crippen molar-refractivity contribution < 1.29 is 14.4 Å². The van der Waals surface area contributed by atoms with Crippen LogP contribution in [0.4, 0.5) is 5.69 Å². The van der Waals surface area contributed by atoms with Gasteiger partial charge in [-0.05, 0) is 49.4 Å². The molecular weight excluding hydrogens is 578 g/mol. The molecule has 3 aliphatic heterocycles. The number of pyridine rings is 1. The van der Waals surface area contributed by atoms with Gasteiger partial charge in [0, 0.05) is 83.8 Å². The van der Waals surface area contributed by atoms with Crippen LogP contribution in [-0.2, 0) is 16.0 Å². The second kappa shape index (κ2) is 15.3. The number of halogens is 1. The Morgan fingerprint density at radius 2 is 1.59 bits per heavy atom. The Hall–Kier alpha value is -3.05. The second-order valence-corrected chi connectivity index (χ2v) is 12.6. The van der Waals surface area contributed by atoms with Gasteiger partial charge in [0.1, 0.15) is 5.88 Å². The van der Waals surface area contributed by atoms with E-state index < -0.39 is 0 Å². The normalized spacial score (nSPS) is 19.2. The van der Waals surface area contributed by atoms with Gasteiger partial charge < -0.3 is 24.9 Å². The molecule has 3 fully saturated rings. The number of carbonyl (C=O) groups is 3. The number of piperidine rings is 1. The molecule has 0 unspecified atom stereocenters. The lowest BCUT2D eigenvalue weighted by atomic mass is 9.95. The van der Waals surface area contributed by atoms with Crippen LogP contribution in [0.15, 0.2) is 36.5 Å². The number of amides is 3. The molecule has 4 heterocycles. The lowest BCUT2D eigenvalue weighted by molar-refractivity contribution is -0.134. The molecule has 0 saturated carbocycles. The second-order valence-electron chi connectivity index (χ2n) is 12.4. The van der Waals surface area contributed by atoms with Crippen molar-refractivity contribution >= 4 is 35.0 Å². The topological polar surface area (TPSA) is 92.3 Å². The average molecular weight is 624 g/mol. The number of carbonyl (C=O) groups excluding carboxylic acids is 3. The van der Waals surface area contributed by atoms with Crippen LogP contribution < -0.4 is 5.32 Å². The third kappa shape index (κ3) is 8.35. The van der Waals surface area contributed by atoms with Gasteiger partial charge in [0.25, 0.3) is 5.91 Å². The van der Waals surface area contributed by atoms with Crippen LogP contribution >= 0.6 is 11.6 Å². The van der Waals surface area contributed by atoms with E-state index in [1.807, 2.05) is 28.0 Å². The van der Waals surface area contributed by atoms with Crippen molar-refractivity contribution in [3.63, 3.8) is 0 Å². The van der Waals surface area contributed by atoms with E-state index in [-0.39, 0.29) is 29.3 Å². The van der Waals surface area contributed by atoms with Crippen molar-refractivity contribution in [3.05, 3.63) is 47.8 Å². The number of likely N-dealkylation sites (N-methyl/N-ethyl adjacent to an activating group) is 1. The highest BCUT2D eigenvalue weighted by Gasteiger charge is 2.29. The number of aryl methyl sites for hydroxylation is 1. The van der Waals surface area contributed by atoms with E-state index in [4.69, 9.17) is 11.6 Å². The van der Waals surface area contributed by atoms with E-state index in [2.05, 4.69) is 51.1 Å². The van der Waals surface area contributed by atoms with Crippen LogP contribution in [0, 0.1) is 5.92 Å². The van der Waals surface area contributed by atoms with Crippen molar-refractivity contribution in [1.82, 2.24) is 29.5 Å². The molecule has 1 aromatic heterocycles. The molecule has 238 valence electrons. The molecule has 3 aliphatic rings. The largest absolute Gasteiger partial charge is 0.339 e. The van der Waals surface area contributed by atoms with E-state index in [0.717, 1.165) is 89.3 Å².